The first kappa shape index (κ1) is 15.0. The molecule has 0 unspecified atom stereocenters. The molecule has 0 amide bonds. The molecule has 3 rings (SSSR count). The molecular formula is C17H12ClFN2S. The summed E-state index contributed by atoms with van der Waals surface area (Å²) in [7, 11) is 0. The molecular weight excluding hydrogens is 319 g/mol. The summed E-state index contributed by atoms with van der Waals surface area (Å²) in [6.07, 6.45) is 1.50. The molecule has 0 aliphatic rings. The Bertz CT molecular complexity index is 909. The van der Waals surface area contributed by atoms with Gasteiger partial charge in [0.15, 0.2) is 0 Å². The lowest BCUT2D eigenvalue weighted by Gasteiger charge is -2.11. The Balaban J connectivity index is 2.12. The lowest BCUT2D eigenvalue weighted by molar-refractivity contribution is 0.637. The molecule has 2 aromatic carbocycles. The number of benzene rings is 2. The summed E-state index contributed by atoms with van der Waals surface area (Å²) in [5.41, 5.74) is 2.69. The standard InChI is InChI=1S/C17H12ClFN2S/c1-9-13(18)6-5-12(17(9)22)15(20)11-7-10-3-2-4-14(19)16(10)21-8-11/h2-8,20,22H,1H3. The first-order chi connectivity index (χ1) is 10.5. The summed E-state index contributed by atoms with van der Waals surface area (Å²) in [5.74, 6) is -0.368. The van der Waals surface area contributed by atoms with Crippen molar-refractivity contribution in [2.75, 3.05) is 0 Å². The normalized spacial score (nSPS) is 10.9. The summed E-state index contributed by atoms with van der Waals surface area (Å²) < 4.78 is 13.7. The lowest BCUT2D eigenvalue weighted by atomic mass is 10.0. The van der Waals surface area contributed by atoms with Gasteiger partial charge in [0.25, 0.3) is 0 Å². The van der Waals surface area contributed by atoms with Crippen molar-refractivity contribution in [2.24, 2.45) is 0 Å². The summed E-state index contributed by atoms with van der Waals surface area (Å²) >= 11 is 10.5. The number of thiol groups is 1. The van der Waals surface area contributed by atoms with Gasteiger partial charge in [0, 0.05) is 32.6 Å². The van der Waals surface area contributed by atoms with Gasteiger partial charge >= 0.3 is 0 Å². The molecule has 110 valence electrons. The van der Waals surface area contributed by atoms with Gasteiger partial charge in [-0.3, -0.25) is 10.4 Å². The predicted octanol–water partition coefficient (Wildman–Crippen LogP) is 5.04. The van der Waals surface area contributed by atoms with E-state index in [1.165, 1.54) is 12.3 Å². The van der Waals surface area contributed by atoms with E-state index in [2.05, 4.69) is 17.6 Å². The van der Waals surface area contributed by atoms with Crippen LogP contribution in [-0.2, 0) is 0 Å². The van der Waals surface area contributed by atoms with Crippen LogP contribution in [0.3, 0.4) is 0 Å². The van der Waals surface area contributed by atoms with Crippen LogP contribution in [0.15, 0.2) is 47.5 Å². The zero-order valence-corrected chi connectivity index (χ0v) is 13.3. The molecule has 0 saturated heterocycles. The predicted molar refractivity (Wildman–Crippen MR) is 91.1 cm³/mol. The fourth-order valence-corrected chi connectivity index (χ4v) is 2.82. The van der Waals surface area contributed by atoms with Gasteiger partial charge < -0.3 is 0 Å². The number of hydrogen-bond acceptors (Lipinski definition) is 3. The van der Waals surface area contributed by atoms with E-state index in [0.29, 0.717) is 31.9 Å². The van der Waals surface area contributed by atoms with E-state index < -0.39 is 0 Å². The van der Waals surface area contributed by atoms with Gasteiger partial charge in [-0.1, -0.05) is 29.8 Å². The largest absolute Gasteiger partial charge is 0.300 e. The minimum Gasteiger partial charge on any atom is -0.300 e. The Morgan fingerprint density at radius 3 is 2.82 bits per heavy atom. The van der Waals surface area contributed by atoms with Gasteiger partial charge in [-0.25, -0.2) is 4.39 Å². The molecule has 0 bridgehead atoms. The number of para-hydroxylation sites is 1. The van der Waals surface area contributed by atoms with Crippen LogP contribution in [-0.4, -0.2) is 10.7 Å². The highest BCUT2D eigenvalue weighted by Gasteiger charge is 2.13. The summed E-state index contributed by atoms with van der Waals surface area (Å²) in [6.45, 7) is 1.86. The second-order valence-corrected chi connectivity index (χ2v) is 5.83. The number of nitrogens with one attached hydrogen (secondary N) is 1. The number of nitrogens with zero attached hydrogens (tertiary/aromatic N) is 1. The van der Waals surface area contributed by atoms with E-state index in [-0.39, 0.29) is 11.5 Å². The molecule has 0 fully saturated rings. The van der Waals surface area contributed by atoms with Crippen LogP contribution in [0, 0.1) is 18.2 Å². The quantitative estimate of drug-likeness (QED) is 0.501. The zero-order chi connectivity index (χ0) is 15.9. The second kappa shape index (κ2) is 5.71. The van der Waals surface area contributed by atoms with Crippen molar-refractivity contribution in [1.29, 1.82) is 5.41 Å². The molecule has 3 aromatic rings. The smallest absolute Gasteiger partial charge is 0.149 e. The third-order valence-corrected chi connectivity index (χ3v) is 4.57. The molecule has 1 N–H and O–H groups in total. The number of hydrogen-bond donors (Lipinski definition) is 2. The topological polar surface area (TPSA) is 36.7 Å². The maximum absolute atomic E-state index is 13.7. The van der Waals surface area contributed by atoms with Crippen molar-refractivity contribution in [3.05, 3.63) is 70.1 Å². The third kappa shape index (κ3) is 2.49. The van der Waals surface area contributed by atoms with E-state index in [4.69, 9.17) is 17.0 Å². The van der Waals surface area contributed by atoms with Gasteiger partial charge in [-0.05, 0) is 30.7 Å². The Labute approximate surface area is 137 Å². The maximum atomic E-state index is 13.7. The highest BCUT2D eigenvalue weighted by atomic mass is 35.5. The molecule has 0 saturated carbocycles. The minimum atomic E-state index is -0.368. The SMILES string of the molecule is Cc1c(Cl)ccc(C(=N)c2cnc3c(F)cccc3c2)c1S. The average Bonchev–Trinajstić information content (AvgIpc) is 2.52. The van der Waals surface area contributed by atoms with E-state index >= 15 is 0 Å². The van der Waals surface area contributed by atoms with E-state index in [9.17, 15) is 4.39 Å². The fourth-order valence-electron chi connectivity index (χ4n) is 2.29. The number of rotatable bonds is 2. The van der Waals surface area contributed by atoms with Crippen molar-refractivity contribution < 1.29 is 4.39 Å². The lowest BCUT2D eigenvalue weighted by Crippen LogP contribution is -2.04. The molecule has 22 heavy (non-hydrogen) atoms. The summed E-state index contributed by atoms with van der Waals surface area (Å²) in [6, 6.07) is 10.0. The van der Waals surface area contributed by atoms with Gasteiger partial charge in [-0.15, -0.1) is 12.6 Å². The van der Waals surface area contributed by atoms with Crippen molar-refractivity contribution in [3.63, 3.8) is 0 Å². The van der Waals surface area contributed by atoms with Gasteiger partial charge in [0.1, 0.15) is 11.3 Å². The summed E-state index contributed by atoms with van der Waals surface area (Å²) in [4.78, 5) is 4.79. The zero-order valence-electron chi connectivity index (χ0n) is 11.7. The maximum Gasteiger partial charge on any atom is 0.149 e. The van der Waals surface area contributed by atoms with Gasteiger partial charge in [0.2, 0.25) is 0 Å². The van der Waals surface area contributed by atoms with Crippen LogP contribution in [0.1, 0.15) is 16.7 Å². The first-order valence-corrected chi connectivity index (χ1v) is 7.43. The number of halogens is 2. The molecule has 1 aromatic heterocycles. The molecule has 0 aliphatic carbocycles. The molecule has 0 radical (unpaired) electrons. The number of pyridine rings is 1. The van der Waals surface area contributed by atoms with Crippen LogP contribution in [0.2, 0.25) is 5.02 Å². The third-order valence-electron chi connectivity index (χ3n) is 3.58. The van der Waals surface area contributed by atoms with Gasteiger partial charge in [-0.2, -0.15) is 0 Å². The van der Waals surface area contributed by atoms with Crippen LogP contribution in [0.5, 0.6) is 0 Å². The minimum absolute atomic E-state index is 0.281. The van der Waals surface area contributed by atoms with Crippen LogP contribution < -0.4 is 0 Å². The fraction of sp³-hybridized carbons (Fsp3) is 0.0588. The highest BCUT2D eigenvalue weighted by Crippen LogP contribution is 2.28. The Morgan fingerprint density at radius 2 is 2.05 bits per heavy atom. The van der Waals surface area contributed by atoms with Crippen LogP contribution >= 0.6 is 24.2 Å². The molecule has 5 heteroatoms. The second-order valence-electron chi connectivity index (χ2n) is 4.98. The number of aromatic nitrogens is 1. The molecule has 2 nitrogen and oxygen atoms in total. The average molecular weight is 331 g/mol. The van der Waals surface area contributed by atoms with Crippen molar-refractivity contribution in [3.8, 4) is 0 Å². The molecule has 0 aliphatic heterocycles. The van der Waals surface area contributed by atoms with E-state index in [0.717, 1.165) is 5.56 Å². The Morgan fingerprint density at radius 1 is 1.27 bits per heavy atom. The number of fused-ring (bicyclic) bond motifs is 1. The molecule has 0 atom stereocenters. The van der Waals surface area contributed by atoms with Crippen LogP contribution in [0.25, 0.3) is 10.9 Å². The van der Waals surface area contributed by atoms with E-state index in [1.54, 1.807) is 30.3 Å². The molecule has 1 heterocycles. The molecule has 0 spiro atoms. The summed E-state index contributed by atoms with van der Waals surface area (Å²) in [5, 5.41) is 9.65. The van der Waals surface area contributed by atoms with Crippen molar-refractivity contribution in [1.82, 2.24) is 4.98 Å². The van der Waals surface area contributed by atoms with Crippen LogP contribution in [0.4, 0.5) is 4.39 Å². The van der Waals surface area contributed by atoms with Gasteiger partial charge in [0.05, 0.1) is 5.71 Å². The van der Waals surface area contributed by atoms with Crippen molar-refractivity contribution in [2.45, 2.75) is 11.8 Å². The van der Waals surface area contributed by atoms with E-state index in [1.807, 2.05) is 6.92 Å². The Kier molecular flexibility index (Phi) is 3.89. The Hall–Kier alpha value is -1.91. The van der Waals surface area contributed by atoms with Crippen molar-refractivity contribution >= 4 is 40.8 Å². The monoisotopic (exact) mass is 330 g/mol. The first-order valence-electron chi connectivity index (χ1n) is 6.60. The highest BCUT2D eigenvalue weighted by molar-refractivity contribution is 7.80.